The molecule has 0 heterocycles. The smallest absolute Gasteiger partial charge is 0.124 e. The summed E-state index contributed by atoms with van der Waals surface area (Å²) >= 11 is 17.2. The molecule has 1 rings (SSSR count). The van der Waals surface area contributed by atoms with Gasteiger partial charge in [0.1, 0.15) is 5.38 Å². The quantitative estimate of drug-likeness (QED) is 0.716. The lowest BCUT2D eigenvalue weighted by Crippen LogP contribution is -1.99. The molecule has 13 heavy (non-hydrogen) atoms. The highest BCUT2D eigenvalue weighted by molar-refractivity contribution is 6.35. The summed E-state index contributed by atoms with van der Waals surface area (Å²) < 4.78 is 0. The van der Waals surface area contributed by atoms with E-state index in [-0.39, 0.29) is 0 Å². The monoisotopic (exact) mass is 233 g/mol. The first-order valence-corrected chi connectivity index (χ1v) is 4.80. The lowest BCUT2D eigenvalue weighted by Gasteiger charge is -2.04. The number of hydrogen-bond donors (Lipinski definition) is 0. The van der Waals surface area contributed by atoms with E-state index in [1.54, 1.807) is 18.2 Å². The second kappa shape index (κ2) is 4.72. The predicted octanol–water partition coefficient (Wildman–Crippen LogP) is 3.67. The summed E-state index contributed by atoms with van der Waals surface area (Å²) in [5.74, 6) is 0. The molecule has 0 aliphatic heterocycles. The summed E-state index contributed by atoms with van der Waals surface area (Å²) in [6.07, 6.45) is 0.439. The number of alkyl halides is 1. The first-order valence-electron chi connectivity index (χ1n) is 3.61. The number of halogens is 3. The maximum Gasteiger partial charge on any atom is 0.124 e. The standard InChI is InChI=1S/C9H6Cl3N/c10-7-2-1-6(9(12)4-7)3-8(11)5-13/h1-2,4,8H,3H2/t8-/m1/s1. The summed E-state index contributed by atoms with van der Waals surface area (Å²) in [6.45, 7) is 0. The van der Waals surface area contributed by atoms with E-state index >= 15 is 0 Å². The Hall–Kier alpha value is -0.420. The highest BCUT2D eigenvalue weighted by Crippen LogP contribution is 2.22. The first kappa shape index (κ1) is 10.7. The maximum absolute atomic E-state index is 8.49. The number of nitriles is 1. The van der Waals surface area contributed by atoms with Gasteiger partial charge in [0.15, 0.2) is 0 Å². The highest BCUT2D eigenvalue weighted by Gasteiger charge is 2.07. The molecular weight excluding hydrogens is 228 g/mol. The topological polar surface area (TPSA) is 23.8 Å². The molecule has 0 aromatic heterocycles. The lowest BCUT2D eigenvalue weighted by molar-refractivity contribution is 1.02. The Morgan fingerprint density at radius 3 is 2.62 bits per heavy atom. The van der Waals surface area contributed by atoms with Crippen LogP contribution in [0.3, 0.4) is 0 Å². The van der Waals surface area contributed by atoms with Gasteiger partial charge in [-0.25, -0.2) is 0 Å². The summed E-state index contributed by atoms with van der Waals surface area (Å²) in [7, 11) is 0. The minimum absolute atomic E-state index is 0.439. The number of benzene rings is 1. The molecule has 0 aliphatic carbocycles. The van der Waals surface area contributed by atoms with Gasteiger partial charge in [0.25, 0.3) is 0 Å². The molecule has 1 aromatic rings. The van der Waals surface area contributed by atoms with Crippen LogP contribution >= 0.6 is 34.8 Å². The first-order chi connectivity index (χ1) is 6.13. The fourth-order valence-corrected chi connectivity index (χ4v) is 1.58. The SMILES string of the molecule is N#C[C@H](Cl)Cc1ccc(Cl)cc1Cl. The number of hydrogen-bond acceptors (Lipinski definition) is 1. The van der Waals surface area contributed by atoms with Gasteiger partial charge in [-0.1, -0.05) is 29.3 Å². The summed E-state index contributed by atoms with van der Waals surface area (Å²) in [5.41, 5.74) is 0.840. The van der Waals surface area contributed by atoms with Gasteiger partial charge in [0, 0.05) is 16.5 Å². The number of nitrogens with zero attached hydrogens (tertiary/aromatic N) is 1. The van der Waals surface area contributed by atoms with Crippen LogP contribution < -0.4 is 0 Å². The molecule has 0 bridgehead atoms. The molecule has 0 N–H and O–H groups in total. The van der Waals surface area contributed by atoms with Crippen LogP contribution in [0, 0.1) is 11.3 Å². The van der Waals surface area contributed by atoms with E-state index in [0.717, 1.165) is 5.56 Å². The van der Waals surface area contributed by atoms with Crippen molar-refractivity contribution in [1.29, 1.82) is 5.26 Å². The molecule has 0 amide bonds. The molecule has 1 nitrogen and oxygen atoms in total. The van der Waals surface area contributed by atoms with Crippen molar-refractivity contribution < 1.29 is 0 Å². The molecule has 4 heteroatoms. The van der Waals surface area contributed by atoms with Crippen molar-refractivity contribution in [3.05, 3.63) is 33.8 Å². The summed E-state index contributed by atoms with van der Waals surface area (Å²) in [4.78, 5) is 0. The molecule has 68 valence electrons. The Kier molecular flexibility index (Phi) is 3.87. The summed E-state index contributed by atoms with van der Waals surface area (Å²) in [5, 5.41) is 9.08. The van der Waals surface area contributed by atoms with Crippen molar-refractivity contribution in [2.24, 2.45) is 0 Å². The van der Waals surface area contributed by atoms with E-state index in [4.69, 9.17) is 40.1 Å². The van der Waals surface area contributed by atoms with Gasteiger partial charge in [0.05, 0.1) is 6.07 Å². The normalized spacial score (nSPS) is 12.2. The second-order valence-corrected chi connectivity index (χ2v) is 3.91. The fourth-order valence-electron chi connectivity index (χ4n) is 0.926. The van der Waals surface area contributed by atoms with Crippen LogP contribution in [0.4, 0.5) is 0 Å². The third-order valence-corrected chi connectivity index (χ3v) is 2.39. The molecule has 0 aliphatic rings. The van der Waals surface area contributed by atoms with Crippen molar-refractivity contribution in [3.8, 4) is 6.07 Å². The average molecular weight is 235 g/mol. The second-order valence-electron chi connectivity index (χ2n) is 2.54. The van der Waals surface area contributed by atoms with Gasteiger partial charge in [-0.3, -0.25) is 0 Å². The molecule has 0 saturated heterocycles. The largest absolute Gasteiger partial charge is 0.197 e. The molecule has 0 fully saturated rings. The maximum atomic E-state index is 8.49. The number of rotatable bonds is 2. The molecule has 0 radical (unpaired) electrons. The van der Waals surface area contributed by atoms with Gasteiger partial charge in [0.2, 0.25) is 0 Å². The Bertz CT molecular complexity index is 343. The van der Waals surface area contributed by atoms with Gasteiger partial charge in [-0.05, 0) is 17.7 Å². The molecular formula is C9H6Cl3N. The highest BCUT2D eigenvalue weighted by atomic mass is 35.5. The third kappa shape index (κ3) is 3.08. The van der Waals surface area contributed by atoms with Crippen molar-refractivity contribution in [2.45, 2.75) is 11.8 Å². The zero-order valence-corrected chi connectivity index (χ0v) is 8.87. The molecule has 0 saturated carbocycles. The molecule has 1 atom stereocenters. The zero-order valence-electron chi connectivity index (χ0n) is 6.60. The van der Waals surface area contributed by atoms with E-state index in [1.165, 1.54) is 0 Å². The van der Waals surface area contributed by atoms with Gasteiger partial charge in [-0.15, -0.1) is 11.6 Å². The minimum Gasteiger partial charge on any atom is -0.197 e. The molecule has 1 aromatic carbocycles. The third-order valence-electron chi connectivity index (χ3n) is 1.55. The van der Waals surface area contributed by atoms with Gasteiger partial charge in [-0.2, -0.15) is 5.26 Å². The van der Waals surface area contributed by atoms with Crippen LogP contribution in [0.15, 0.2) is 18.2 Å². The molecule has 0 spiro atoms. The van der Waals surface area contributed by atoms with Crippen LogP contribution in [0.5, 0.6) is 0 Å². The average Bonchev–Trinajstić information content (AvgIpc) is 2.09. The van der Waals surface area contributed by atoms with Crippen LogP contribution in [0.25, 0.3) is 0 Å². The Morgan fingerprint density at radius 1 is 1.38 bits per heavy atom. The Morgan fingerprint density at radius 2 is 2.08 bits per heavy atom. The van der Waals surface area contributed by atoms with Crippen LogP contribution in [0.1, 0.15) is 5.56 Å². The van der Waals surface area contributed by atoms with E-state index in [0.29, 0.717) is 16.5 Å². The van der Waals surface area contributed by atoms with E-state index in [1.807, 2.05) is 6.07 Å². The zero-order chi connectivity index (χ0) is 9.84. The van der Waals surface area contributed by atoms with Crippen molar-refractivity contribution >= 4 is 34.8 Å². The van der Waals surface area contributed by atoms with Gasteiger partial charge >= 0.3 is 0 Å². The predicted molar refractivity (Wildman–Crippen MR) is 55.4 cm³/mol. The fraction of sp³-hybridized carbons (Fsp3) is 0.222. The van der Waals surface area contributed by atoms with Crippen molar-refractivity contribution in [3.63, 3.8) is 0 Å². The minimum atomic E-state index is -0.543. The van der Waals surface area contributed by atoms with Gasteiger partial charge < -0.3 is 0 Å². The van der Waals surface area contributed by atoms with E-state index in [2.05, 4.69) is 0 Å². The molecule has 0 unspecified atom stereocenters. The summed E-state index contributed by atoms with van der Waals surface area (Å²) in [6, 6.07) is 7.07. The van der Waals surface area contributed by atoms with Crippen molar-refractivity contribution in [1.82, 2.24) is 0 Å². The van der Waals surface area contributed by atoms with Crippen LogP contribution in [-0.4, -0.2) is 5.38 Å². The van der Waals surface area contributed by atoms with Crippen LogP contribution in [-0.2, 0) is 6.42 Å². The lowest BCUT2D eigenvalue weighted by atomic mass is 10.1. The van der Waals surface area contributed by atoms with E-state index in [9.17, 15) is 0 Å². The van der Waals surface area contributed by atoms with Crippen molar-refractivity contribution in [2.75, 3.05) is 0 Å². The van der Waals surface area contributed by atoms with Crippen LogP contribution in [0.2, 0.25) is 10.0 Å². The van der Waals surface area contributed by atoms with E-state index < -0.39 is 5.38 Å². The Balaban J connectivity index is 2.85. The Labute approximate surface area is 91.8 Å².